The zero-order chi connectivity index (χ0) is 28.3. The fourth-order valence-corrected chi connectivity index (χ4v) is 5.54. The van der Waals surface area contributed by atoms with Crippen LogP contribution in [0.5, 0.6) is 0 Å². The Morgan fingerprint density at radius 3 is 2.42 bits per heavy atom. The lowest BCUT2D eigenvalue weighted by Gasteiger charge is -2.34. The molecule has 0 bridgehead atoms. The lowest BCUT2D eigenvalue weighted by atomic mass is 9.91. The first-order valence-electron chi connectivity index (χ1n) is 14.1. The van der Waals surface area contributed by atoms with E-state index in [2.05, 4.69) is 39.6 Å². The number of piperidine rings is 1. The highest BCUT2D eigenvalue weighted by molar-refractivity contribution is 5.95. The largest absolute Gasteiger partial charge is 0.444 e. The van der Waals surface area contributed by atoms with Crippen LogP contribution < -0.4 is 5.32 Å². The molecule has 0 unspecified atom stereocenters. The maximum absolute atomic E-state index is 13.7. The van der Waals surface area contributed by atoms with E-state index < -0.39 is 5.60 Å². The van der Waals surface area contributed by atoms with E-state index in [9.17, 15) is 14.0 Å². The smallest absolute Gasteiger partial charge is 0.410 e. The van der Waals surface area contributed by atoms with Gasteiger partial charge < -0.3 is 15.0 Å². The SMILES string of the molecule is CC(C)(C)OC(=O)N1CCC(c2c(C(=O)NCCN3CCc4ccccc4C3)cnn2-c2ccc(F)cc2)CC1. The van der Waals surface area contributed by atoms with Crippen molar-refractivity contribution in [3.63, 3.8) is 0 Å². The van der Waals surface area contributed by atoms with Gasteiger partial charge in [0.05, 0.1) is 23.1 Å². The summed E-state index contributed by atoms with van der Waals surface area (Å²) < 4.78 is 20.9. The summed E-state index contributed by atoms with van der Waals surface area (Å²) in [5.41, 5.74) is 4.19. The number of benzene rings is 2. The second kappa shape index (κ2) is 11.8. The Bertz CT molecular complexity index is 1340. The van der Waals surface area contributed by atoms with Crippen molar-refractivity contribution >= 4 is 12.0 Å². The van der Waals surface area contributed by atoms with Crippen molar-refractivity contribution in [1.29, 1.82) is 0 Å². The molecule has 1 saturated heterocycles. The van der Waals surface area contributed by atoms with Crippen molar-refractivity contribution in [3.05, 3.63) is 82.9 Å². The molecule has 5 rings (SSSR count). The summed E-state index contributed by atoms with van der Waals surface area (Å²) in [4.78, 5) is 30.1. The molecule has 40 heavy (non-hydrogen) atoms. The summed E-state index contributed by atoms with van der Waals surface area (Å²) in [6.45, 7) is 9.75. The van der Waals surface area contributed by atoms with E-state index in [-0.39, 0.29) is 23.7 Å². The zero-order valence-electron chi connectivity index (χ0n) is 23.5. The normalized spacial score (nSPS) is 16.4. The minimum Gasteiger partial charge on any atom is -0.444 e. The molecule has 2 aliphatic heterocycles. The van der Waals surface area contributed by atoms with Crippen molar-refractivity contribution in [2.45, 2.75) is 58.1 Å². The Morgan fingerprint density at radius 2 is 1.73 bits per heavy atom. The third kappa shape index (κ3) is 6.53. The average molecular weight is 548 g/mol. The van der Waals surface area contributed by atoms with Crippen molar-refractivity contribution in [2.75, 3.05) is 32.7 Å². The van der Waals surface area contributed by atoms with Gasteiger partial charge in [-0.05, 0) is 75.4 Å². The summed E-state index contributed by atoms with van der Waals surface area (Å²) in [7, 11) is 0. The van der Waals surface area contributed by atoms with Gasteiger partial charge in [-0.3, -0.25) is 9.69 Å². The van der Waals surface area contributed by atoms with Crippen LogP contribution in [0.4, 0.5) is 9.18 Å². The van der Waals surface area contributed by atoms with E-state index in [1.165, 1.54) is 23.3 Å². The number of likely N-dealkylation sites (tertiary alicyclic amines) is 1. The third-order valence-electron chi connectivity index (χ3n) is 7.58. The molecule has 0 atom stereocenters. The molecule has 0 radical (unpaired) electrons. The minimum atomic E-state index is -0.558. The standard InChI is InChI=1S/C31H38FN5O3/c1-31(2,3)40-30(39)36-17-13-23(14-18-36)28-27(20-34-37(28)26-10-8-25(32)9-11-26)29(38)33-15-19-35-16-12-22-6-4-5-7-24(22)21-35/h4-11,20,23H,12-19,21H2,1-3H3,(H,33,38). The molecule has 1 fully saturated rings. The number of ether oxygens (including phenoxy) is 1. The number of nitrogens with zero attached hydrogens (tertiary/aromatic N) is 4. The van der Waals surface area contributed by atoms with Crippen LogP contribution in [0.15, 0.2) is 54.7 Å². The van der Waals surface area contributed by atoms with Crippen molar-refractivity contribution < 1.29 is 18.7 Å². The average Bonchev–Trinajstić information content (AvgIpc) is 3.38. The van der Waals surface area contributed by atoms with Gasteiger partial charge in [-0.15, -0.1) is 0 Å². The first-order valence-corrected chi connectivity index (χ1v) is 14.1. The summed E-state index contributed by atoms with van der Waals surface area (Å²) >= 11 is 0. The minimum absolute atomic E-state index is 0.00517. The van der Waals surface area contributed by atoms with Gasteiger partial charge in [0, 0.05) is 45.2 Å². The van der Waals surface area contributed by atoms with Crippen LogP contribution in [0.1, 0.15) is 66.7 Å². The van der Waals surface area contributed by atoms with Crippen LogP contribution in [0.2, 0.25) is 0 Å². The Kier molecular flexibility index (Phi) is 8.21. The van der Waals surface area contributed by atoms with Crippen LogP contribution in [0.25, 0.3) is 5.69 Å². The summed E-state index contributed by atoms with van der Waals surface area (Å²) in [5, 5.41) is 7.65. The van der Waals surface area contributed by atoms with Crippen LogP contribution in [-0.2, 0) is 17.7 Å². The van der Waals surface area contributed by atoms with E-state index in [0.29, 0.717) is 43.7 Å². The zero-order valence-corrected chi connectivity index (χ0v) is 23.5. The molecule has 0 spiro atoms. The first kappa shape index (κ1) is 27.8. The summed E-state index contributed by atoms with van der Waals surface area (Å²) in [5.74, 6) is -0.498. The van der Waals surface area contributed by atoms with Crippen LogP contribution in [-0.4, -0.2) is 69.9 Å². The predicted octanol–water partition coefficient (Wildman–Crippen LogP) is 4.91. The molecule has 2 aliphatic rings. The molecular formula is C31H38FN5O3. The third-order valence-corrected chi connectivity index (χ3v) is 7.58. The fraction of sp³-hybridized carbons (Fsp3) is 0.452. The quantitative estimate of drug-likeness (QED) is 0.474. The van der Waals surface area contributed by atoms with Crippen LogP contribution >= 0.6 is 0 Å². The van der Waals surface area contributed by atoms with Gasteiger partial charge in [0.15, 0.2) is 0 Å². The maximum atomic E-state index is 13.7. The molecule has 8 nitrogen and oxygen atoms in total. The number of carbonyl (C=O) groups is 2. The van der Waals surface area contributed by atoms with Crippen molar-refractivity contribution in [1.82, 2.24) is 24.9 Å². The van der Waals surface area contributed by atoms with E-state index >= 15 is 0 Å². The fourth-order valence-electron chi connectivity index (χ4n) is 5.54. The Morgan fingerprint density at radius 1 is 1.02 bits per heavy atom. The Hall–Kier alpha value is -3.72. The predicted molar refractivity (Wildman–Crippen MR) is 151 cm³/mol. The summed E-state index contributed by atoms with van der Waals surface area (Å²) in [6, 6.07) is 14.6. The number of halogens is 1. The summed E-state index contributed by atoms with van der Waals surface area (Å²) in [6.07, 6.45) is 3.63. The first-order chi connectivity index (χ1) is 19.2. The highest BCUT2D eigenvalue weighted by Crippen LogP contribution is 2.33. The second-order valence-corrected chi connectivity index (χ2v) is 11.6. The molecule has 2 amide bonds. The van der Waals surface area contributed by atoms with Crippen LogP contribution in [0, 0.1) is 5.82 Å². The molecule has 3 aromatic rings. The molecular weight excluding hydrogens is 509 g/mol. The molecule has 212 valence electrons. The number of aromatic nitrogens is 2. The van der Waals surface area contributed by atoms with Gasteiger partial charge in [0.2, 0.25) is 0 Å². The van der Waals surface area contributed by atoms with E-state index in [1.54, 1.807) is 27.9 Å². The van der Waals surface area contributed by atoms with E-state index in [4.69, 9.17) is 4.74 Å². The van der Waals surface area contributed by atoms with Gasteiger partial charge in [0.1, 0.15) is 11.4 Å². The van der Waals surface area contributed by atoms with Gasteiger partial charge in [-0.2, -0.15) is 5.10 Å². The lowest BCUT2D eigenvalue weighted by molar-refractivity contribution is 0.0203. The number of fused-ring (bicyclic) bond motifs is 1. The number of amides is 2. The van der Waals surface area contributed by atoms with Crippen LogP contribution in [0.3, 0.4) is 0 Å². The number of hydrogen-bond acceptors (Lipinski definition) is 5. The topological polar surface area (TPSA) is 79.7 Å². The molecule has 9 heteroatoms. The Balaban J connectivity index is 1.28. The number of rotatable bonds is 6. The number of nitrogens with one attached hydrogen (secondary N) is 1. The molecule has 0 aliphatic carbocycles. The van der Waals surface area contributed by atoms with E-state index in [0.717, 1.165) is 31.7 Å². The molecule has 2 aromatic carbocycles. The molecule has 1 N–H and O–H groups in total. The lowest BCUT2D eigenvalue weighted by Crippen LogP contribution is -2.42. The monoisotopic (exact) mass is 547 g/mol. The highest BCUT2D eigenvalue weighted by Gasteiger charge is 2.32. The molecule has 1 aromatic heterocycles. The maximum Gasteiger partial charge on any atom is 0.410 e. The number of hydrogen-bond donors (Lipinski definition) is 1. The van der Waals surface area contributed by atoms with Gasteiger partial charge >= 0.3 is 6.09 Å². The van der Waals surface area contributed by atoms with Crippen molar-refractivity contribution in [3.8, 4) is 5.69 Å². The number of carbonyl (C=O) groups excluding carboxylic acids is 2. The van der Waals surface area contributed by atoms with Gasteiger partial charge in [-0.1, -0.05) is 24.3 Å². The Labute approximate surface area is 235 Å². The van der Waals surface area contributed by atoms with E-state index in [1.807, 2.05) is 20.8 Å². The highest BCUT2D eigenvalue weighted by atomic mass is 19.1. The molecule has 3 heterocycles. The molecule has 0 saturated carbocycles. The van der Waals surface area contributed by atoms with Gasteiger partial charge in [0.25, 0.3) is 5.91 Å². The second-order valence-electron chi connectivity index (χ2n) is 11.6. The van der Waals surface area contributed by atoms with Crippen molar-refractivity contribution in [2.24, 2.45) is 0 Å². The van der Waals surface area contributed by atoms with Gasteiger partial charge in [-0.25, -0.2) is 13.9 Å².